The first-order chi connectivity index (χ1) is 13.0. The summed E-state index contributed by atoms with van der Waals surface area (Å²) in [6, 6.07) is 6.93. The second kappa shape index (κ2) is 8.69. The molecule has 1 aromatic rings. The number of hydrogen-bond donors (Lipinski definition) is 2. The van der Waals surface area contributed by atoms with Crippen molar-refractivity contribution < 1.29 is 19.1 Å². The van der Waals surface area contributed by atoms with Crippen molar-refractivity contribution in [2.45, 2.75) is 57.2 Å². The highest BCUT2D eigenvalue weighted by Gasteiger charge is 2.37. The van der Waals surface area contributed by atoms with Gasteiger partial charge >= 0.3 is 12.0 Å². The fourth-order valence-electron chi connectivity index (χ4n) is 4.19. The average molecular weight is 377 g/mol. The second-order valence-electron chi connectivity index (χ2n) is 7.55. The number of rotatable bonds is 7. The van der Waals surface area contributed by atoms with Crippen LogP contribution in [0.25, 0.3) is 0 Å². The Morgan fingerprint density at radius 2 is 2.15 bits per heavy atom. The lowest BCUT2D eigenvalue weighted by Gasteiger charge is -2.43. The van der Waals surface area contributed by atoms with Crippen LogP contribution in [0.15, 0.2) is 24.3 Å². The Hall–Kier alpha value is -2.15. The van der Waals surface area contributed by atoms with Crippen LogP contribution in [-0.2, 0) is 11.2 Å². The molecule has 2 amide bonds. The second-order valence-corrected chi connectivity index (χ2v) is 7.55. The topological polar surface area (TPSA) is 72.9 Å². The van der Waals surface area contributed by atoms with Crippen LogP contribution < -0.4 is 5.32 Å². The van der Waals surface area contributed by atoms with Gasteiger partial charge in [-0.25, -0.2) is 9.18 Å². The molecule has 0 aromatic heterocycles. The molecule has 1 unspecified atom stereocenters. The van der Waals surface area contributed by atoms with Gasteiger partial charge in [0.25, 0.3) is 0 Å². The number of hydrogen-bond acceptors (Lipinski definition) is 3. The van der Waals surface area contributed by atoms with Crippen LogP contribution in [0.5, 0.6) is 0 Å². The van der Waals surface area contributed by atoms with E-state index >= 15 is 0 Å². The largest absolute Gasteiger partial charge is 0.480 e. The Kier molecular flexibility index (Phi) is 6.31. The first-order valence-corrected chi connectivity index (χ1v) is 9.73. The van der Waals surface area contributed by atoms with E-state index in [-0.39, 0.29) is 36.5 Å². The number of amides is 2. The van der Waals surface area contributed by atoms with Crippen LogP contribution in [0.1, 0.15) is 38.2 Å². The van der Waals surface area contributed by atoms with E-state index in [1.807, 2.05) is 22.8 Å². The maximum atomic E-state index is 13.4. The van der Waals surface area contributed by atoms with Gasteiger partial charge in [0.05, 0.1) is 6.54 Å². The zero-order valence-electron chi connectivity index (χ0n) is 15.7. The van der Waals surface area contributed by atoms with Gasteiger partial charge in [0.2, 0.25) is 0 Å². The van der Waals surface area contributed by atoms with Crippen molar-refractivity contribution in [2.75, 3.05) is 19.6 Å². The number of carboxylic acid groups (broad SMARTS) is 1. The van der Waals surface area contributed by atoms with Crippen molar-refractivity contribution in [1.82, 2.24) is 15.1 Å². The van der Waals surface area contributed by atoms with Gasteiger partial charge in [-0.1, -0.05) is 19.1 Å². The molecule has 3 rings (SSSR count). The highest BCUT2D eigenvalue weighted by molar-refractivity contribution is 5.75. The molecule has 148 valence electrons. The molecule has 1 saturated carbocycles. The van der Waals surface area contributed by atoms with Gasteiger partial charge in [-0.2, -0.15) is 0 Å². The molecule has 1 atom stereocenters. The number of nitrogens with one attached hydrogen (secondary N) is 1. The molecule has 7 heteroatoms. The summed E-state index contributed by atoms with van der Waals surface area (Å²) in [6.45, 7) is 3.42. The molecule has 1 saturated heterocycles. The van der Waals surface area contributed by atoms with E-state index in [1.54, 1.807) is 6.07 Å². The molecule has 2 aliphatic rings. The van der Waals surface area contributed by atoms with E-state index in [2.05, 4.69) is 5.32 Å². The number of aliphatic carboxylic acids is 1. The average Bonchev–Trinajstić information content (AvgIpc) is 3.04. The van der Waals surface area contributed by atoms with E-state index in [4.69, 9.17) is 5.11 Å². The number of likely N-dealkylation sites (tertiary alicyclic amines) is 1. The first-order valence-electron chi connectivity index (χ1n) is 9.73. The van der Waals surface area contributed by atoms with Crippen molar-refractivity contribution in [1.29, 1.82) is 0 Å². The SMILES string of the molecule is CCN(CC(=O)O)C1CC(NC(=O)N2CCCC2Cc2cccc(F)c2)C1. The van der Waals surface area contributed by atoms with E-state index in [0.29, 0.717) is 13.0 Å². The van der Waals surface area contributed by atoms with E-state index in [0.717, 1.165) is 37.8 Å². The minimum atomic E-state index is -0.818. The van der Waals surface area contributed by atoms with E-state index < -0.39 is 5.97 Å². The zero-order chi connectivity index (χ0) is 19.4. The summed E-state index contributed by atoms with van der Waals surface area (Å²) in [6.07, 6.45) is 4.13. The fourth-order valence-corrected chi connectivity index (χ4v) is 4.19. The van der Waals surface area contributed by atoms with Gasteiger partial charge in [-0.3, -0.25) is 9.69 Å². The summed E-state index contributed by atoms with van der Waals surface area (Å²) >= 11 is 0. The summed E-state index contributed by atoms with van der Waals surface area (Å²) in [4.78, 5) is 27.4. The maximum Gasteiger partial charge on any atom is 0.317 e. The number of urea groups is 1. The van der Waals surface area contributed by atoms with Crippen molar-refractivity contribution in [3.8, 4) is 0 Å². The van der Waals surface area contributed by atoms with Crippen LogP contribution in [-0.4, -0.2) is 64.7 Å². The quantitative estimate of drug-likeness (QED) is 0.766. The predicted octanol–water partition coefficient (Wildman–Crippen LogP) is 2.48. The maximum absolute atomic E-state index is 13.4. The lowest BCUT2D eigenvalue weighted by molar-refractivity contribution is -0.139. The third kappa shape index (κ3) is 4.97. The van der Waals surface area contributed by atoms with Gasteiger partial charge in [-0.05, 0) is 56.3 Å². The minimum absolute atomic E-state index is 0.0453. The molecular formula is C20H28FN3O3. The van der Waals surface area contributed by atoms with Crippen LogP contribution >= 0.6 is 0 Å². The van der Waals surface area contributed by atoms with Gasteiger partial charge in [0.1, 0.15) is 5.82 Å². The van der Waals surface area contributed by atoms with Gasteiger partial charge in [-0.15, -0.1) is 0 Å². The molecule has 27 heavy (non-hydrogen) atoms. The van der Waals surface area contributed by atoms with Gasteiger partial charge in [0.15, 0.2) is 0 Å². The fraction of sp³-hybridized carbons (Fsp3) is 0.600. The molecule has 1 heterocycles. The number of nitrogens with zero attached hydrogens (tertiary/aromatic N) is 2. The number of benzene rings is 1. The molecule has 2 N–H and O–H groups in total. The molecule has 1 aliphatic heterocycles. The molecule has 2 fully saturated rings. The number of likely N-dealkylation sites (N-methyl/N-ethyl adjacent to an activating group) is 1. The van der Waals surface area contributed by atoms with E-state index in [1.165, 1.54) is 12.1 Å². The third-order valence-electron chi connectivity index (χ3n) is 5.70. The highest BCUT2D eigenvalue weighted by atomic mass is 19.1. The summed E-state index contributed by atoms with van der Waals surface area (Å²) in [5, 5.41) is 12.1. The first kappa shape index (κ1) is 19.6. The molecule has 1 aliphatic carbocycles. The monoisotopic (exact) mass is 377 g/mol. The summed E-state index contributed by atoms with van der Waals surface area (Å²) in [7, 11) is 0. The van der Waals surface area contributed by atoms with Crippen molar-refractivity contribution in [2.24, 2.45) is 0 Å². The molecule has 0 bridgehead atoms. The Balaban J connectivity index is 1.49. The van der Waals surface area contributed by atoms with Crippen LogP contribution in [0, 0.1) is 5.82 Å². The molecular weight excluding hydrogens is 349 g/mol. The lowest BCUT2D eigenvalue weighted by Crippen LogP contribution is -2.57. The standard InChI is InChI=1S/C20H28FN3O3/c1-2-23(13-19(25)26)18-11-16(12-18)22-20(27)24-8-4-7-17(24)10-14-5-3-6-15(21)9-14/h3,5-6,9,16-18H,2,4,7-8,10-13H2,1H3,(H,22,27)(H,25,26). The lowest BCUT2D eigenvalue weighted by atomic mass is 9.85. The Morgan fingerprint density at radius 1 is 1.37 bits per heavy atom. The van der Waals surface area contributed by atoms with Crippen LogP contribution in [0.2, 0.25) is 0 Å². The predicted molar refractivity (Wildman–Crippen MR) is 100 cm³/mol. The number of carbonyl (C=O) groups is 2. The summed E-state index contributed by atoms with van der Waals surface area (Å²) < 4.78 is 13.4. The number of carboxylic acids is 1. The van der Waals surface area contributed by atoms with E-state index in [9.17, 15) is 14.0 Å². The van der Waals surface area contributed by atoms with Crippen molar-refractivity contribution in [3.05, 3.63) is 35.6 Å². The third-order valence-corrected chi connectivity index (χ3v) is 5.70. The van der Waals surface area contributed by atoms with Crippen LogP contribution in [0.4, 0.5) is 9.18 Å². The summed E-state index contributed by atoms with van der Waals surface area (Å²) in [5.41, 5.74) is 0.913. The number of carbonyl (C=O) groups excluding carboxylic acids is 1. The molecule has 0 spiro atoms. The normalized spacial score (nSPS) is 24.7. The van der Waals surface area contributed by atoms with Crippen molar-refractivity contribution in [3.63, 3.8) is 0 Å². The molecule has 1 aromatic carbocycles. The van der Waals surface area contributed by atoms with Gasteiger partial charge in [0, 0.05) is 24.7 Å². The zero-order valence-corrected chi connectivity index (χ0v) is 15.7. The minimum Gasteiger partial charge on any atom is -0.480 e. The Bertz CT molecular complexity index is 678. The Morgan fingerprint density at radius 3 is 2.81 bits per heavy atom. The van der Waals surface area contributed by atoms with Gasteiger partial charge < -0.3 is 15.3 Å². The Labute approximate surface area is 159 Å². The number of halogens is 1. The van der Waals surface area contributed by atoms with Crippen LogP contribution in [0.3, 0.4) is 0 Å². The smallest absolute Gasteiger partial charge is 0.317 e. The summed E-state index contributed by atoms with van der Waals surface area (Å²) in [5.74, 6) is -1.06. The highest BCUT2D eigenvalue weighted by Crippen LogP contribution is 2.27. The molecule has 6 nitrogen and oxygen atoms in total. The molecule has 0 radical (unpaired) electrons. The van der Waals surface area contributed by atoms with Crippen molar-refractivity contribution >= 4 is 12.0 Å².